The maximum atomic E-state index is 6.26. The number of hydrogen-bond donors (Lipinski definition) is 1. The average Bonchev–Trinajstić information content (AvgIpc) is 2.55. The lowest BCUT2D eigenvalue weighted by molar-refractivity contribution is 0.400. The van der Waals surface area contributed by atoms with Gasteiger partial charge in [0.2, 0.25) is 0 Å². The van der Waals surface area contributed by atoms with E-state index in [2.05, 4.69) is 21.8 Å². The summed E-state index contributed by atoms with van der Waals surface area (Å²) in [5.74, 6) is 0. The SMILES string of the molecule is C=CCNC(=S)N(Cc1cccnc1)Cc1ccccc1Cl. The van der Waals surface area contributed by atoms with E-state index in [0.717, 1.165) is 16.1 Å². The summed E-state index contributed by atoms with van der Waals surface area (Å²) in [5, 5.41) is 4.58. The lowest BCUT2D eigenvalue weighted by Crippen LogP contribution is -2.39. The van der Waals surface area contributed by atoms with E-state index >= 15 is 0 Å². The summed E-state index contributed by atoms with van der Waals surface area (Å²) < 4.78 is 0. The molecule has 0 aliphatic heterocycles. The van der Waals surface area contributed by atoms with E-state index in [9.17, 15) is 0 Å². The molecule has 0 radical (unpaired) electrons. The molecule has 0 spiro atoms. The second-order valence-electron chi connectivity index (χ2n) is 4.78. The first-order valence-electron chi connectivity index (χ1n) is 6.96. The van der Waals surface area contributed by atoms with Crippen molar-refractivity contribution in [2.24, 2.45) is 0 Å². The molecule has 0 saturated heterocycles. The molecule has 0 bridgehead atoms. The minimum absolute atomic E-state index is 0.630. The highest BCUT2D eigenvalue weighted by Crippen LogP contribution is 2.18. The van der Waals surface area contributed by atoms with Crippen LogP contribution in [0.15, 0.2) is 61.4 Å². The Morgan fingerprint density at radius 1 is 1.27 bits per heavy atom. The summed E-state index contributed by atoms with van der Waals surface area (Å²) in [6.45, 7) is 5.64. The summed E-state index contributed by atoms with van der Waals surface area (Å²) >= 11 is 11.7. The Bertz CT molecular complexity index is 631. The maximum absolute atomic E-state index is 6.26. The topological polar surface area (TPSA) is 28.2 Å². The van der Waals surface area contributed by atoms with Gasteiger partial charge in [0, 0.05) is 37.1 Å². The molecule has 1 heterocycles. The van der Waals surface area contributed by atoms with E-state index in [1.807, 2.05) is 42.6 Å². The van der Waals surface area contributed by atoms with Crippen LogP contribution < -0.4 is 5.32 Å². The van der Waals surface area contributed by atoms with Crippen molar-refractivity contribution in [1.29, 1.82) is 0 Å². The van der Waals surface area contributed by atoms with E-state index in [0.29, 0.717) is 24.7 Å². The van der Waals surface area contributed by atoms with Crippen molar-refractivity contribution in [1.82, 2.24) is 15.2 Å². The van der Waals surface area contributed by atoms with Crippen LogP contribution in [0.1, 0.15) is 11.1 Å². The zero-order valence-electron chi connectivity index (χ0n) is 12.2. The second kappa shape index (κ2) is 8.51. The molecule has 0 saturated carbocycles. The molecular formula is C17H18ClN3S. The van der Waals surface area contributed by atoms with Gasteiger partial charge in [-0.15, -0.1) is 6.58 Å². The molecule has 1 N–H and O–H groups in total. The zero-order chi connectivity index (χ0) is 15.8. The lowest BCUT2D eigenvalue weighted by atomic mass is 10.2. The van der Waals surface area contributed by atoms with Gasteiger partial charge in [-0.3, -0.25) is 4.98 Å². The first kappa shape index (κ1) is 16.5. The highest BCUT2D eigenvalue weighted by Gasteiger charge is 2.12. The fourth-order valence-electron chi connectivity index (χ4n) is 2.02. The Labute approximate surface area is 141 Å². The fraction of sp³-hybridized carbons (Fsp3) is 0.176. The molecule has 3 nitrogen and oxygen atoms in total. The number of hydrogen-bond acceptors (Lipinski definition) is 2. The Kier molecular flexibility index (Phi) is 6.37. The van der Waals surface area contributed by atoms with Crippen LogP contribution in [0.5, 0.6) is 0 Å². The number of halogens is 1. The van der Waals surface area contributed by atoms with Crippen LogP contribution in [-0.2, 0) is 13.1 Å². The van der Waals surface area contributed by atoms with E-state index in [-0.39, 0.29) is 0 Å². The van der Waals surface area contributed by atoms with Crippen molar-refractivity contribution < 1.29 is 0 Å². The van der Waals surface area contributed by atoms with Crippen molar-refractivity contribution in [3.05, 3.63) is 77.6 Å². The summed E-state index contributed by atoms with van der Waals surface area (Å²) in [5.41, 5.74) is 2.13. The molecule has 114 valence electrons. The predicted octanol–water partition coefficient (Wildman–Crippen LogP) is 3.80. The Balaban J connectivity index is 2.15. The third-order valence-corrected chi connectivity index (χ3v) is 3.87. The monoisotopic (exact) mass is 331 g/mol. The summed E-state index contributed by atoms with van der Waals surface area (Å²) in [6, 6.07) is 11.7. The molecule has 1 aromatic carbocycles. The highest BCUT2D eigenvalue weighted by molar-refractivity contribution is 7.80. The smallest absolute Gasteiger partial charge is 0.169 e. The molecule has 2 rings (SSSR count). The van der Waals surface area contributed by atoms with Gasteiger partial charge < -0.3 is 10.2 Å². The third kappa shape index (κ3) is 4.83. The van der Waals surface area contributed by atoms with Gasteiger partial charge in [-0.25, -0.2) is 0 Å². The third-order valence-electron chi connectivity index (χ3n) is 3.10. The lowest BCUT2D eigenvalue weighted by Gasteiger charge is -2.26. The van der Waals surface area contributed by atoms with Crippen molar-refractivity contribution in [3.8, 4) is 0 Å². The van der Waals surface area contributed by atoms with Gasteiger partial charge in [0.05, 0.1) is 0 Å². The summed E-state index contributed by atoms with van der Waals surface area (Å²) in [4.78, 5) is 6.22. The number of nitrogens with zero attached hydrogens (tertiary/aromatic N) is 2. The van der Waals surface area contributed by atoms with E-state index in [1.54, 1.807) is 12.3 Å². The highest BCUT2D eigenvalue weighted by atomic mass is 35.5. The minimum Gasteiger partial charge on any atom is -0.359 e. The molecular weight excluding hydrogens is 314 g/mol. The molecule has 0 aliphatic carbocycles. The molecule has 0 atom stereocenters. The second-order valence-corrected chi connectivity index (χ2v) is 5.58. The number of pyridine rings is 1. The predicted molar refractivity (Wildman–Crippen MR) is 95.7 cm³/mol. The quantitative estimate of drug-likeness (QED) is 0.644. The van der Waals surface area contributed by atoms with Gasteiger partial charge in [-0.2, -0.15) is 0 Å². The molecule has 0 amide bonds. The van der Waals surface area contributed by atoms with Crippen LogP contribution in [0.2, 0.25) is 5.02 Å². The van der Waals surface area contributed by atoms with E-state index in [4.69, 9.17) is 23.8 Å². The molecule has 0 aliphatic rings. The molecule has 0 unspecified atom stereocenters. The van der Waals surface area contributed by atoms with Gasteiger partial charge in [0.1, 0.15) is 0 Å². The van der Waals surface area contributed by atoms with Gasteiger partial charge in [-0.05, 0) is 35.5 Å². The van der Waals surface area contributed by atoms with Crippen LogP contribution in [0.3, 0.4) is 0 Å². The maximum Gasteiger partial charge on any atom is 0.169 e. The van der Waals surface area contributed by atoms with Gasteiger partial charge in [0.25, 0.3) is 0 Å². The number of aromatic nitrogens is 1. The van der Waals surface area contributed by atoms with Gasteiger partial charge in [0.15, 0.2) is 5.11 Å². The Hall–Kier alpha value is -1.91. The molecule has 0 fully saturated rings. The van der Waals surface area contributed by atoms with Crippen LogP contribution in [0.25, 0.3) is 0 Å². The minimum atomic E-state index is 0.630. The first-order valence-corrected chi connectivity index (χ1v) is 7.75. The van der Waals surface area contributed by atoms with Crippen LogP contribution in [0, 0.1) is 0 Å². The Morgan fingerprint density at radius 2 is 2.09 bits per heavy atom. The molecule has 1 aromatic heterocycles. The van der Waals surface area contributed by atoms with Gasteiger partial charge in [-0.1, -0.05) is 41.9 Å². The van der Waals surface area contributed by atoms with Crippen molar-refractivity contribution >= 4 is 28.9 Å². The summed E-state index contributed by atoms with van der Waals surface area (Å²) in [7, 11) is 0. The van der Waals surface area contributed by atoms with Gasteiger partial charge >= 0.3 is 0 Å². The molecule has 22 heavy (non-hydrogen) atoms. The number of rotatable bonds is 6. The normalized spacial score (nSPS) is 10.0. The van der Waals surface area contributed by atoms with Crippen molar-refractivity contribution in [2.45, 2.75) is 13.1 Å². The van der Waals surface area contributed by atoms with Crippen LogP contribution in [-0.4, -0.2) is 21.5 Å². The molecule has 5 heteroatoms. The van der Waals surface area contributed by atoms with Crippen molar-refractivity contribution in [3.63, 3.8) is 0 Å². The van der Waals surface area contributed by atoms with E-state index < -0.39 is 0 Å². The first-order chi connectivity index (χ1) is 10.7. The van der Waals surface area contributed by atoms with Crippen molar-refractivity contribution in [2.75, 3.05) is 6.54 Å². The average molecular weight is 332 g/mol. The van der Waals surface area contributed by atoms with E-state index in [1.165, 1.54) is 0 Å². The standard InChI is InChI=1S/C17H18ClN3S/c1-2-9-20-17(22)21(12-14-6-5-10-19-11-14)13-15-7-3-4-8-16(15)18/h2-8,10-11H,1,9,12-13H2,(H,20,22). The van der Waals surface area contributed by atoms with Crippen LogP contribution >= 0.6 is 23.8 Å². The zero-order valence-corrected chi connectivity index (χ0v) is 13.8. The fourth-order valence-corrected chi connectivity index (χ4v) is 2.42. The molecule has 2 aromatic rings. The number of benzene rings is 1. The summed E-state index contributed by atoms with van der Waals surface area (Å²) in [6.07, 6.45) is 5.38. The number of nitrogens with one attached hydrogen (secondary N) is 1. The Morgan fingerprint density at radius 3 is 2.77 bits per heavy atom. The number of thiocarbonyl (C=S) groups is 1. The largest absolute Gasteiger partial charge is 0.359 e. The van der Waals surface area contributed by atoms with Crippen LogP contribution in [0.4, 0.5) is 0 Å².